The molecule has 0 aliphatic heterocycles. The molecule has 0 N–H and O–H groups in total. The van der Waals surface area contributed by atoms with Crippen LogP contribution in [0, 0.1) is 0 Å². The molecule has 0 saturated heterocycles. The van der Waals surface area contributed by atoms with Gasteiger partial charge in [-0.3, -0.25) is 0 Å². The standard InChI is InChI=1S/C31H25O3PS/c1-33-25-19-17-24(18-20-25)29-21-22-31(36-29)34-30(32)23-35(26-11-5-2-6-12-26,27-13-7-3-8-14-27)28-15-9-4-10-16-28/h2-23H,1H3. The van der Waals surface area contributed by atoms with Crippen LogP contribution in [0.5, 0.6) is 10.8 Å². The van der Waals surface area contributed by atoms with E-state index in [0.717, 1.165) is 32.1 Å². The zero-order chi connectivity index (χ0) is 24.8. The third kappa shape index (κ3) is 4.92. The van der Waals surface area contributed by atoms with Crippen molar-refractivity contribution >= 4 is 45.9 Å². The molecule has 0 aliphatic rings. The summed E-state index contributed by atoms with van der Waals surface area (Å²) in [5.74, 6) is 2.25. The molecule has 0 radical (unpaired) electrons. The maximum Gasteiger partial charge on any atom is 0.338 e. The average molecular weight is 509 g/mol. The van der Waals surface area contributed by atoms with Gasteiger partial charge < -0.3 is 9.47 Å². The van der Waals surface area contributed by atoms with Crippen LogP contribution in [0.3, 0.4) is 0 Å². The Morgan fingerprint density at radius 2 is 1.17 bits per heavy atom. The number of hydrogen-bond acceptors (Lipinski definition) is 4. The van der Waals surface area contributed by atoms with E-state index in [9.17, 15) is 4.79 Å². The molecular weight excluding hydrogens is 483 g/mol. The van der Waals surface area contributed by atoms with Crippen LogP contribution in [0.25, 0.3) is 10.4 Å². The summed E-state index contributed by atoms with van der Waals surface area (Å²) in [7, 11) is 1.65. The fourth-order valence-electron chi connectivity index (χ4n) is 4.23. The minimum Gasteiger partial charge on any atom is -0.497 e. The summed E-state index contributed by atoms with van der Waals surface area (Å²) in [6.07, 6.45) is 0. The van der Waals surface area contributed by atoms with Gasteiger partial charge in [0, 0.05) is 10.7 Å². The van der Waals surface area contributed by atoms with Crippen molar-refractivity contribution in [3.63, 3.8) is 0 Å². The molecule has 0 unspecified atom stereocenters. The van der Waals surface area contributed by atoms with E-state index in [1.165, 1.54) is 11.3 Å². The minimum absolute atomic E-state index is 0.358. The van der Waals surface area contributed by atoms with Crippen LogP contribution in [0.4, 0.5) is 0 Å². The lowest BCUT2D eigenvalue weighted by Gasteiger charge is -2.28. The Kier molecular flexibility index (Phi) is 7.18. The van der Waals surface area contributed by atoms with Gasteiger partial charge in [-0.05, 0) is 64.8 Å². The van der Waals surface area contributed by atoms with Crippen molar-refractivity contribution in [1.29, 1.82) is 0 Å². The van der Waals surface area contributed by atoms with E-state index in [2.05, 4.69) is 36.4 Å². The second-order valence-electron chi connectivity index (χ2n) is 8.13. The topological polar surface area (TPSA) is 35.5 Å². The number of methoxy groups -OCH3 is 1. The third-order valence-electron chi connectivity index (χ3n) is 5.95. The fraction of sp³-hybridized carbons (Fsp3) is 0.0323. The van der Waals surface area contributed by atoms with Gasteiger partial charge in [0.25, 0.3) is 0 Å². The van der Waals surface area contributed by atoms with Crippen LogP contribution in [0.1, 0.15) is 0 Å². The van der Waals surface area contributed by atoms with Gasteiger partial charge in [0.05, 0.1) is 7.11 Å². The molecule has 5 aromatic rings. The van der Waals surface area contributed by atoms with E-state index < -0.39 is 6.89 Å². The average Bonchev–Trinajstić information content (AvgIpc) is 3.41. The molecule has 4 aromatic carbocycles. The van der Waals surface area contributed by atoms with Crippen molar-refractivity contribution < 1.29 is 14.3 Å². The maximum absolute atomic E-state index is 13.5. The van der Waals surface area contributed by atoms with E-state index in [0.29, 0.717) is 5.06 Å². The molecule has 0 spiro atoms. The van der Waals surface area contributed by atoms with Gasteiger partial charge in [-0.15, -0.1) is 0 Å². The molecule has 36 heavy (non-hydrogen) atoms. The SMILES string of the molecule is COc1ccc(-c2ccc(OC(=O)C=P(c3ccccc3)(c3ccccc3)c3ccccc3)s2)cc1. The van der Waals surface area contributed by atoms with Gasteiger partial charge in [-0.2, -0.15) is 0 Å². The maximum atomic E-state index is 13.5. The summed E-state index contributed by atoms with van der Waals surface area (Å²) in [4.78, 5) is 14.5. The quantitative estimate of drug-likeness (QED) is 0.196. The van der Waals surface area contributed by atoms with Crippen molar-refractivity contribution in [2.45, 2.75) is 0 Å². The lowest BCUT2D eigenvalue weighted by molar-refractivity contribution is -0.126. The lowest BCUT2D eigenvalue weighted by Crippen LogP contribution is -2.29. The first kappa shape index (κ1) is 23.9. The number of carbonyl (C=O) groups is 1. The predicted molar refractivity (Wildman–Crippen MR) is 153 cm³/mol. The van der Waals surface area contributed by atoms with Crippen molar-refractivity contribution in [2.75, 3.05) is 7.11 Å². The summed E-state index contributed by atoms with van der Waals surface area (Å²) in [5, 5.41) is 3.87. The lowest BCUT2D eigenvalue weighted by atomic mass is 10.2. The highest BCUT2D eigenvalue weighted by molar-refractivity contribution is 7.95. The first-order valence-electron chi connectivity index (χ1n) is 11.6. The summed E-state index contributed by atoms with van der Waals surface area (Å²) >= 11 is 1.45. The van der Waals surface area contributed by atoms with Crippen molar-refractivity contribution in [3.05, 3.63) is 127 Å². The monoisotopic (exact) mass is 508 g/mol. The number of carbonyl (C=O) groups excluding carboxylic acids is 1. The summed E-state index contributed by atoms with van der Waals surface area (Å²) in [6, 6.07) is 42.4. The molecule has 178 valence electrons. The molecule has 1 aromatic heterocycles. The number of ether oxygens (including phenoxy) is 2. The first-order valence-corrected chi connectivity index (χ1v) is 14.2. The van der Waals surface area contributed by atoms with Gasteiger partial charge >= 0.3 is 5.97 Å². The van der Waals surface area contributed by atoms with Gasteiger partial charge in [-0.1, -0.05) is 102 Å². The van der Waals surface area contributed by atoms with E-state index in [4.69, 9.17) is 9.47 Å². The zero-order valence-corrected chi connectivity index (χ0v) is 21.5. The Balaban J connectivity index is 1.57. The molecule has 1 heterocycles. The van der Waals surface area contributed by atoms with Crippen LogP contribution in [0.15, 0.2) is 127 Å². The summed E-state index contributed by atoms with van der Waals surface area (Å²) < 4.78 is 11.2. The molecule has 0 fully saturated rings. The zero-order valence-electron chi connectivity index (χ0n) is 19.8. The van der Waals surface area contributed by atoms with Crippen LogP contribution >= 0.6 is 18.2 Å². The number of esters is 1. The molecular formula is C31H25O3PS. The van der Waals surface area contributed by atoms with Gasteiger partial charge in [0.2, 0.25) is 0 Å². The van der Waals surface area contributed by atoms with E-state index in [1.54, 1.807) is 12.9 Å². The van der Waals surface area contributed by atoms with Crippen LogP contribution < -0.4 is 25.4 Å². The van der Waals surface area contributed by atoms with E-state index in [1.807, 2.05) is 91.0 Å². The van der Waals surface area contributed by atoms with E-state index >= 15 is 0 Å². The highest BCUT2D eigenvalue weighted by atomic mass is 32.1. The molecule has 5 heteroatoms. The van der Waals surface area contributed by atoms with Gasteiger partial charge in [0.1, 0.15) is 5.75 Å². The van der Waals surface area contributed by atoms with Gasteiger partial charge in [0.15, 0.2) is 5.06 Å². The Labute approximate surface area is 215 Å². The Hall–Kier alpha value is -3.85. The molecule has 0 atom stereocenters. The normalized spacial score (nSPS) is 11.0. The van der Waals surface area contributed by atoms with E-state index in [-0.39, 0.29) is 5.97 Å². The molecule has 0 bridgehead atoms. The highest BCUT2D eigenvalue weighted by Crippen LogP contribution is 2.44. The molecule has 5 rings (SSSR count). The number of rotatable bonds is 7. The largest absolute Gasteiger partial charge is 0.497 e. The van der Waals surface area contributed by atoms with Crippen LogP contribution in [-0.2, 0) is 4.79 Å². The molecule has 0 saturated carbocycles. The highest BCUT2D eigenvalue weighted by Gasteiger charge is 2.27. The molecule has 3 nitrogen and oxygen atoms in total. The predicted octanol–water partition coefficient (Wildman–Crippen LogP) is 6.13. The summed E-state index contributed by atoms with van der Waals surface area (Å²) in [5.41, 5.74) is 1.05. The second-order valence-corrected chi connectivity index (χ2v) is 12.4. The molecule has 0 amide bonds. The summed E-state index contributed by atoms with van der Waals surface area (Å²) in [6.45, 7) is -2.42. The van der Waals surface area contributed by atoms with Crippen molar-refractivity contribution in [3.8, 4) is 21.3 Å². The van der Waals surface area contributed by atoms with Crippen molar-refractivity contribution in [2.24, 2.45) is 0 Å². The van der Waals surface area contributed by atoms with Crippen molar-refractivity contribution in [1.82, 2.24) is 0 Å². The first-order chi connectivity index (χ1) is 17.7. The number of hydrogen-bond donors (Lipinski definition) is 0. The Bertz CT molecular complexity index is 1390. The number of benzene rings is 4. The Morgan fingerprint density at radius 1 is 0.667 bits per heavy atom. The smallest absolute Gasteiger partial charge is 0.338 e. The Morgan fingerprint density at radius 3 is 1.64 bits per heavy atom. The molecule has 0 aliphatic carbocycles. The minimum atomic E-state index is -2.42. The number of thiophene rings is 1. The third-order valence-corrected chi connectivity index (χ3v) is 10.9. The van der Waals surface area contributed by atoms with Crippen LogP contribution in [-0.4, -0.2) is 18.9 Å². The fourth-order valence-corrected chi connectivity index (χ4v) is 8.73. The van der Waals surface area contributed by atoms with Gasteiger partial charge in [-0.25, -0.2) is 4.79 Å². The second kappa shape index (κ2) is 10.8. The van der Waals surface area contributed by atoms with Crippen LogP contribution in [0.2, 0.25) is 0 Å².